The van der Waals surface area contributed by atoms with Gasteiger partial charge < -0.3 is 10.2 Å². The molecule has 1 amide bonds. The summed E-state index contributed by atoms with van der Waals surface area (Å²) in [5.74, 6) is 0.134. The summed E-state index contributed by atoms with van der Waals surface area (Å²) in [6.07, 6.45) is 3.66. The van der Waals surface area contributed by atoms with Crippen LogP contribution in [0.15, 0.2) is 60.7 Å². The van der Waals surface area contributed by atoms with Crippen molar-refractivity contribution in [3.8, 4) is 0 Å². The average molecular weight is 350 g/mol. The molecule has 26 heavy (non-hydrogen) atoms. The van der Waals surface area contributed by atoms with Crippen LogP contribution in [0.5, 0.6) is 0 Å². The smallest absolute Gasteiger partial charge is 0.220 e. The van der Waals surface area contributed by atoms with Crippen molar-refractivity contribution in [2.24, 2.45) is 0 Å². The van der Waals surface area contributed by atoms with E-state index in [1.165, 1.54) is 5.69 Å². The molecule has 1 heterocycles. The molecule has 1 aliphatic rings. The molecule has 3 rings (SSSR count). The van der Waals surface area contributed by atoms with Crippen molar-refractivity contribution in [1.29, 1.82) is 0 Å². The van der Waals surface area contributed by atoms with Gasteiger partial charge in [0.05, 0.1) is 0 Å². The fourth-order valence-electron chi connectivity index (χ4n) is 3.51. The molecule has 0 aromatic heterocycles. The maximum atomic E-state index is 12.1. The van der Waals surface area contributed by atoms with Crippen LogP contribution in [0.3, 0.4) is 0 Å². The molecule has 0 aliphatic carbocycles. The van der Waals surface area contributed by atoms with E-state index in [-0.39, 0.29) is 11.7 Å². The van der Waals surface area contributed by atoms with Gasteiger partial charge >= 0.3 is 0 Å². The number of hydrogen-bond donors (Lipinski definition) is 1. The molecule has 0 bridgehead atoms. The van der Waals surface area contributed by atoms with E-state index in [1.807, 2.05) is 48.5 Å². The van der Waals surface area contributed by atoms with E-state index < -0.39 is 0 Å². The van der Waals surface area contributed by atoms with Crippen LogP contribution in [0.2, 0.25) is 0 Å². The van der Waals surface area contributed by atoms with Gasteiger partial charge in [0.25, 0.3) is 0 Å². The quantitative estimate of drug-likeness (QED) is 0.736. The number of benzene rings is 2. The van der Waals surface area contributed by atoms with E-state index in [0.717, 1.165) is 24.9 Å². The van der Waals surface area contributed by atoms with Crippen LogP contribution in [0, 0.1) is 0 Å². The second-order valence-electron chi connectivity index (χ2n) is 6.77. The van der Waals surface area contributed by atoms with Crippen molar-refractivity contribution in [3.63, 3.8) is 0 Å². The SMILES string of the molecule is O=C(CCCC(=O)c1ccccc1)NC[C@@H]1CCCN1c1ccccc1. The Kier molecular flexibility index (Phi) is 6.42. The summed E-state index contributed by atoms with van der Waals surface area (Å²) in [7, 11) is 0. The second-order valence-corrected chi connectivity index (χ2v) is 6.77. The first-order chi connectivity index (χ1) is 12.7. The molecule has 1 saturated heterocycles. The Morgan fingerprint density at radius 1 is 0.962 bits per heavy atom. The van der Waals surface area contributed by atoms with Crippen molar-refractivity contribution in [3.05, 3.63) is 66.2 Å². The third-order valence-corrected chi connectivity index (χ3v) is 4.90. The van der Waals surface area contributed by atoms with Crippen LogP contribution >= 0.6 is 0 Å². The number of nitrogens with one attached hydrogen (secondary N) is 1. The number of amides is 1. The van der Waals surface area contributed by atoms with Gasteiger partial charge in [0.2, 0.25) is 5.91 Å². The molecule has 1 fully saturated rings. The van der Waals surface area contributed by atoms with Crippen molar-refractivity contribution in [2.45, 2.75) is 38.1 Å². The number of carbonyl (C=O) groups excluding carboxylic acids is 2. The standard InChI is InChI=1S/C22H26N2O2/c25-21(18-9-3-1-4-10-18)14-7-15-22(26)23-17-20-13-8-16-24(20)19-11-5-2-6-12-19/h1-6,9-12,20H,7-8,13-17H2,(H,23,26)/t20-/m0/s1. The molecular weight excluding hydrogens is 324 g/mol. The highest BCUT2D eigenvalue weighted by Gasteiger charge is 2.24. The topological polar surface area (TPSA) is 49.4 Å². The van der Waals surface area contributed by atoms with Crippen molar-refractivity contribution in [1.82, 2.24) is 5.32 Å². The van der Waals surface area contributed by atoms with Gasteiger partial charge in [-0.2, -0.15) is 0 Å². The fraction of sp³-hybridized carbons (Fsp3) is 0.364. The Bertz CT molecular complexity index is 715. The number of hydrogen-bond acceptors (Lipinski definition) is 3. The maximum absolute atomic E-state index is 12.1. The molecule has 0 spiro atoms. The van der Waals surface area contributed by atoms with Crippen molar-refractivity contribution in [2.75, 3.05) is 18.0 Å². The predicted molar refractivity (Wildman–Crippen MR) is 104 cm³/mol. The van der Waals surface area contributed by atoms with Gasteiger partial charge in [-0.3, -0.25) is 9.59 Å². The molecule has 1 aliphatic heterocycles. The minimum Gasteiger partial charge on any atom is -0.367 e. The van der Waals surface area contributed by atoms with Crippen LogP contribution in [-0.2, 0) is 4.79 Å². The molecule has 0 radical (unpaired) electrons. The van der Waals surface area contributed by atoms with E-state index in [2.05, 4.69) is 22.3 Å². The molecule has 136 valence electrons. The third-order valence-electron chi connectivity index (χ3n) is 4.90. The lowest BCUT2D eigenvalue weighted by atomic mass is 10.1. The Labute approximate surface area is 155 Å². The molecule has 1 N–H and O–H groups in total. The first kappa shape index (κ1) is 18.2. The molecule has 2 aromatic rings. The summed E-state index contributed by atoms with van der Waals surface area (Å²) in [5.41, 5.74) is 1.94. The minimum absolute atomic E-state index is 0.0331. The van der Waals surface area contributed by atoms with Gasteiger partial charge in [0, 0.05) is 43.2 Å². The molecule has 2 aromatic carbocycles. The maximum Gasteiger partial charge on any atom is 0.220 e. The molecule has 1 atom stereocenters. The van der Waals surface area contributed by atoms with Gasteiger partial charge in [0.15, 0.2) is 5.78 Å². The molecule has 4 nitrogen and oxygen atoms in total. The number of Topliss-reactive ketones (excluding diaryl/α,β-unsaturated/α-hetero) is 1. The van der Waals surface area contributed by atoms with Crippen LogP contribution in [0.4, 0.5) is 5.69 Å². The number of para-hydroxylation sites is 1. The zero-order chi connectivity index (χ0) is 18.2. The Morgan fingerprint density at radius 2 is 1.65 bits per heavy atom. The molecule has 0 unspecified atom stereocenters. The lowest BCUT2D eigenvalue weighted by Gasteiger charge is -2.27. The number of nitrogens with zero attached hydrogens (tertiary/aromatic N) is 1. The van der Waals surface area contributed by atoms with Crippen LogP contribution in [0.25, 0.3) is 0 Å². The molecule has 4 heteroatoms. The first-order valence-electron chi connectivity index (χ1n) is 9.40. The predicted octanol–water partition coefficient (Wildman–Crippen LogP) is 3.82. The Morgan fingerprint density at radius 3 is 2.38 bits per heavy atom. The summed E-state index contributed by atoms with van der Waals surface area (Å²) in [4.78, 5) is 26.5. The van der Waals surface area contributed by atoms with Crippen molar-refractivity contribution < 1.29 is 9.59 Å². The van der Waals surface area contributed by atoms with Crippen LogP contribution in [-0.4, -0.2) is 30.8 Å². The van der Waals surface area contributed by atoms with Gasteiger partial charge in [-0.05, 0) is 31.4 Å². The summed E-state index contributed by atoms with van der Waals surface area (Å²) < 4.78 is 0. The van der Waals surface area contributed by atoms with Gasteiger partial charge in [-0.1, -0.05) is 48.5 Å². The highest BCUT2D eigenvalue weighted by atomic mass is 16.1. The fourth-order valence-corrected chi connectivity index (χ4v) is 3.51. The minimum atomic E-state index is 0.0331. The third kappa shape index (κ3) is 4.94. The number of ketones is 1. The summed E-state index contributed by atoms with van der Waals surface area (Å²) in [6.45, 7) is 1.70. The van der Waals surface area contributed by atoms with Crippen LogP contribution < -0.4 is 10.2 Å². The van der Waals surface area contributed by atoms with Gasteiger partial charge in [-0.25, -0.2) is 0 Å². The molecule has 0 saturated carbocycles. The summed E-state index contributed by atoms with van der Waals surface area (Å²) >= 11 is 0. The number of rotatable bonds is 8. The van der Waals surface area contributed by atoms with Crippen LogP contribution in [0.1, 0.15) is 42.5 Å². The largest absolute Gasteiger partial charge is 0.367 e. The van der Waals surface area contributed by atoms with E-state index in [0.29, 0.717) is 31.8 Å². The van der Waals surface area contributed by atoms with E-state index in [4.69, 9.17) is 0 Å². The number of carbonyl (C=O) groups is 2. The zero-order valence-corrected chi connectivity index (χ0v) is 15.1. The van der Waals surface area contributed by atoms with Crippen molar-refractivity contribution >= 4 is 17.4 Å². The van der Waals surface area contributed by atoms with E-state index in [1.54, 1.807) is 0 Å². The highest BCUT2D eigenvalue weighted by molar-refractivity contribution is 5.96. The Balaban J connectivity index is 1.39. The summed E-state index contributed by atoms with van der Waals surface area (Å²) in [5, 5.41) is 3.05. The second kappa shape index (κ2) is 9.18. The lowest BCUT2D eigenvalue weighted by Crippen LogP contribution is -2.40. The average Bonchev–Trinajstić information content (AvgIpc) is 3.16. The normalized spacial score (nSPS) is 16.5. The first-order valence-corrected chi connectivity index (χ1v) is 9.40. The monoisotopic (exact) mass is 350 g/mol. The van der Waals surface area contributed by atoms with Gasteiger partial charge in [0.1, 0.15) is 0 Å². The highest BCUT2D eigenvalue weighted by Crippen LogP contribution is 2.24. The lowest BCUT2D eigenvalue weighted by molar-refractivity contribution is -0.121. The molecular formula is C22H26N2O2. The Hall–Kier alpha value is -2.62. The van der Waals surface area contributed by atoms with E-state index in [9.17, 15) is 9.59 Å². The zero-order valence-electron chi connectivity index (χ0n) is 15.1. The van der Waals surface area contributed by atoms with E-state index >= 15 is 0 Å². The van der Waals surface area contributed by atoms with Gasteiger partial charge in [-0.15, -0.1) is 0 Å². The summed E-state index contributed by atoms with van der Waals surface area (Å²) in [6, 6.07) is 20.0. The number of anilines is 1.